The molecule has 0 aromatic heterocycles. The first kappa shape index (κ1) is 9.48. The van der Waals surface area contributed by atoms with Crippen molar-refractivity contribution in [2.45, 2.75) is 34.1 Å². The fourth-order valence-corrected chi connectivity index (χ4v) is 0.574. The van der Waals surface area contributed by atoms with Crippen LogP contribution in [0, 0.1) is 5.92 Å². The summed E-state index contributed by atoms with van der Waals surface area (Å²) in [5.41, 5.74) is 1.36. The highest BCUT2D eigenvalue weighted by atomic mass is 13.9. The van der Waals surface area contributed by atoms with E-state index in [1.165, 1.54) is 12.0 Å². The lowest BCUT2D eigenvalue weighted by Gasteiger charge is -1.96. The standard InChI is InChI=1S/C10H18/c1-5-10(4)8-6-7-9(2)3/h6-8,10H,5H2,1-4H3. The van der Waals surface area contributed by atoms with E-state index in [9.17, 15) is 0 Å². The Balaban J connectivity index is 3.66. The van der Waals surface area contributed by atoms with Gasteiger partial charge in [0.05, 0.1) is 0 Å². The summed E-state index contributed by atoms with van der Waals surface area (Å²) in [6.45, 7) is 8.66. The van der Waals surface area contributed by atoms with Crippen molar-refractivity contribution < 1.29 is 0 Å². The summed E-state index contributed by atoms with van der Waals surface area (Å²) in [6, 6.07) is 0. The van der Waals surface area contributed by atoms with Gasteiger partial charge in [0, 0.05) is 0 Å². The van der Waals surface area contributed by atoms with Crippen molar-refractivity contribution in [3.05, 3.63) is 23.8 Å². The smallest absolute Gasteiger partial charge is 0.0261 e. The zero-order chi connectivity index (χ0) is 7.98. The number of hydrogen-bond acceptors (Lipinski definition) is 0. The summed E-state index contributed by atoms with van der Waals surface area (Å²) in [7, 11) is 0. The van der Waals surface area contributed by atoms with Gasteiger partial charge in [-0.2, -0.15) is 0 Å². The third-order valence-electron chi connectivity index (χ3n) is 1.51. The summed E-state index contributed by atoms with van der Waals surface area (Å²) in [5, 5.41) is 0. The quantitative estimate of drug-likeness (QED) is 0.523. The molecule has 0 saturated heterocycles. The van der Waals surface area contributed by atoms with Crippen LogP contribution in [-0.4, -0.2) is 0 Å². The third kappa shape index (κ3) is 5.61. The first-order valence-electron chi connectivity index (χ1n) is 3.98. The molecule has 0 aromatic rings. The lowest BCUT2D eigenvalue weighted by atomic mass is 10.1. The second kappa shape index (κ2) is 5.28. The highest BCUT2D eigenvalue weighted by molar-refractivity contribution is 5.08. The van der Waals surface area contributed by atoms with E-state index >= 15 is 0 Å². The van der Waals surface area contributed by atoms with Crippen LogP contribution >= 0.6 is 0 Å². The van der Waals surface area contributed by atoms with Crippen molar-refractivity contribution >= 4 is 0 Å². The van der Waals surface area contributed by atoms with Crippen LogP contribution < -0.4 is 0 Å². The van der Waals surface area contributed by atoms with Gasteiger partial charge >= 0.3 is 0 Å². The van der Waals surface area contributed by atoms with Crippen molar-refractivity contribution in [2.75, 3.05) is 0 Å². The van der Waals surface area contributed by atoms with E-state index in [0.29, 0.717) is 0 Å². The Kier molecular flexibility index (Phi) is 5.00. The van der Waals surface area contributed by atoms with Gasteiger partial charge in [0.1, 0.15) is 0 Å². The van der Waals surface area contributed by atoms with Crippen LogP contribution in [0.2, 0.25) is 0 Å². The molecule has 0 rings (SSSR count). The Hall–Kier alpha value is -0.520. The predicted molar refractivity (Wildman–Crippen MR) is 48.0 cm³/mol. The summed E-state index contributed by atoms with van der Waals surface area (Å²) >= 11 is 0. The molecule has 0 aliphatic heterocycles. The molecular weight excluding hydrogens is 120 g/mol. The van der Waals surface area contributed by atoms with E-state index in [1.807, 2.05) is 0 Å². The molecule has 0 aliphatic carbocycles. The molecule has 0 heteroatoms. The van der Waals surface area contributed by atoms with E-state index in [1.54, 1.807) is 0 Å². The van der Waals surface area contributed by atoms with Crippen LogP contribution in [0.25, 0.3) is 0 Å². The highest BCUT2D eigenvalue weighted by Crippen LogP contribution is 2.02. The van der Waals surface area contributed by atoms with E-state index < -0.39 is 0 Å². The first-order valence-corrected chi connectivity index (χ1v) is 3.98. The summed E-state index contributed by atoms with van der Waals surface area (Å²) < 4.78 is 0. The minimum Gasteiger partial charge on any atom is -0.0817 e. The van der Waals surface area contributed by atoms with Gasteiger partial charge in [-0.1, -0.05) is 44.1 Å². The van der Waals surface area contributed by atoms with E-state index in [0.717, 1.165) is 5.92 Å². The Bertz CT molecular complexity index is 125. The van der Waals surface area contributed by atoms with Crippen LogP contribution in [0.15, 0.2) is 23.8 Å². The molecule has 0 radical (unpaired) electrons. The first-order chi connectivity index (χ1) is 4.66. The SMILES string of the molecule is CCC(C)C=CC=C(C)C. The minimum atomic E-state index is 0.718. The summed E-state index contributed by atoms with van der Waals surface area (Å²) in [5.74, 6) is 0.718. The van der Waals surface area contributed by atoms with Crippen LogP contribution in [-0.2, 0) is 0 Å². The van der Waals surface area contributed by atoms with Crippen LogP contribution in [0.1, 0.15) is 34.1 Å². The van der Waals surface area contributed by atoms with Gasteiger partial charge in [0.15, 0.2) is 0 Å². The zero-order valence-corrected chi connectivity index (χ0v) is 7.52. The molecule has 0 heterocycles. The monoisotopic (exact) mass is 138 g/mol. The van der Waals surface area contributed by atoms with Gasteiger partial charge in [-0.05, 0) is 19.8 Å². The fourth-order valence-electron chi connectivity index (χ4n) is 0.574. The number of rotatable bonds is 3. The van der Waals surface area contributed by atoms with Gasteiger partial charge in [0.2, 0.25) is 0 Å². The molecule has 1 unspecified atom stereocenters. The van der Waals surface area contributed by atoms with E-state index in [4.69, 9.17) is 0 Å². The normalized spacial score (nSPS) is 13.6. The molecule has 0 aliphatic rings. The average molecular weight is 138 g/mol. The lowest BCUT2D eigenvalue weighted by molar-refractivity contribution is 0.698. The van der Waals surface area contributed by atoms with Crippen molar-refractivity contribution in [1.82, 2.24) is 0 Å². The van der Waals surface area contributed by atoms with E-state index in [-0.39, 0.29) is 0 Å². The van der Waals surface area contributed by atoms with Crippen molar-refractivity contribution in [2.24, 2.45) is 5.92 Å². The number of hydrogen-bond donors (Lipinski definition) is 0. The second-order valence-corrected chi connectivity index (χ2v) is 3.01. The van der Waals surface area contributed by atoms with Crippen LogP contribution in [0.5, 0.6) is 0 Å². The van der Waals surface area contributed by atoms with Crippen LogP contribution in [0.3, 0.4) is 0 Å². The maximum atomic E-state index is 2.24. The van der Waals surface area contributed by atoms with Gasteiger partial charge in [-0.3, -0.25) is 0 Å². The molecule has 0 fully saturated rings. The van der Waals surface area contributed by atoms with E-state index in [2.05, 4.69) is 45.9 Å². The molecule has 0 N–H and O–H groups in total. The highest BCUT2D eigenvalue weighted by Gasteiger charge is 1.87. The topological polar surface area (TPSA) is 0 Å². The molecule has 0 bridgehead atoms. The minimum absolute atomic E-state index is 0.718. The number of allylic oxidation sites excluding steroid dienone is 4. The van der Waals surface area contributed by atoms with Crippen molar-refractivity contribution in [3.8, 4) is 0 Å². The molecular formula is C10H18. The molecule has 0 aromatic carbocycles. The lowest BCUT2D eigenvalue weighted by Crippen LogP contribution is -1.82. The Morgan fingerprint density at radius 2 is 2.00 bits per heavy atom. The largest absolute Gasteiger partial charge is 0.0817 e. The molecule has 0 amide bonds. The maximum Gasteiger partial charge on any atom is -0.0261 e. The van der Waals surface area contributed by atoms with Gasteiger partial charge in [-0.15, -0.1) is 0 Å². The van der Waals surface area contributed by atoms with Gasteiger partial charge < -0.3 is 0 Å². The maximum absolute atomic E-state index is 2.24. The fraction of sp³-hybridized carbons (Fsp3) is 0.600. The van der Waals surface area contributed by atoms with Gasteiger partial charge in [-0.25, -0.2) is 0 Å². The zero-order valence-electron chi connectivity index (χ0n) is 7.52. The van der Waals surface area contributed by atoms with Crippen LogP contribution in [0.4, 0.5) is 0 Å². The Morgan fingerprint density at radius 1 is 1.40 bits per heavy atom. The van der Waals surface area contributed by atoms with Gasteiger partial charge in [0.25, 0.3) is 0 Å². The average Bonchev–Trinajstić information content (AvgIpc) is 1.87. The predicted octanol–water partition coefficient (Wildman–Crippen LogP) is 3.55. The molecule has 1 atom stereocenters. The third-order valence-corrected chi connectivity index (χ3v) is 1.51. The molecule has 0 saturated carbocycles. The van der Waals surface area contributed by atoms with Crippen molar-refractivity contribution in [1.29, 1.82) is 0 Å². The summed E-state index contributed by atoms with van der Waals surface area (Å²) in [4.78, 5) is 0. The Labute approximate surface area is 64.6 Å². The molecule has 58 valence electrons. The molecule has 10 heavy (non-hydrogen) atoms. The van der Waals surface area contributed by atoms with Crippen molar-refractivity contribution in [3.63, 3.8) is 0 Å². The molecule has 0 spiro atoms. The Morgan fingerprint density at radius 3 is 2.40 bits per heavy atom. The molecule has 0 nitrogen and oxygen atoms in total. The second-order valence-electron chi connectivity index (χ2n) is 3.01. The summed E-state index contributed by atoms with van der Waals surface area (Å²) in [6.07, 6.45) is 7.76.